The SMILES string of the molecule is CSC1CCC(NC2CCC(C(C)(C)C)CC2)CC1. The van der Waals surface area contributed by atoms with Crippen LogP contribution in [-0.4, -0.2) is 23.6 Å². The van der Waals surface area contributed by atoms with Gasteiger partial charge in [-0.05, 0) is 69.0 Å². The van der Waals surface area contributed by atoms with Crippen molar-refractivity contribution in [2.24, 2.45) is 11.3 Å². The van der Waals surface area contributed by atoms with Gasteiger partial charge in [0.25, 0.3) is 0 Å². The second kappa shape index (κ2) is 6.85. The zero-order chi connectivity index (χ0) is 13.9. The second-order valence-electron chi connectivity index (χ2n) is 7.79. The van der Waals surface area contributed by atoms with Gasteiger partial charge >= 0.3 is 0 Å². The minimum absolute atomic E-state index is 0.515. The average molecular weight is 284 g/mol. The fraction of sp³-hybridized carbons (Fsp3) is 1.00. The van der Waals surface area contributed by atoms with Gasteiger partial charge in [-0.25, -0.2) is 0 Å². The van der Waals surface area contributed by atoms with Crippen LogP contribution < -0.4 is 5.32 Å². The topological polar surface area (TPSA) is 12.0 Å². The summed E-state index contributed by atoms with van der Waals surface area (Å²) in [5, 5.41) is 4.90. The molecule has 0 aromatic rings. The number of nitrogens with one attached hydrogen (secondary N) is 1. The summed E-state index contributed by atoms with van der Waals surface area (Å²) >= 11 is 2.07. The van der Waals surface area contributed by atoms with Crippen LogP contribution in [0.2, 0.25) is 0 Å². The van der Waals surface area contributed by atoms with Gasteiger partial charge in [-0.3, -0.25) is 0 Å². The van der Waals surface area contributed by atoms with Crippen LogP contribution in [0.1, 0.15) is 72.1 Å². The first kappa shape index (κ1) is 15.7. The van der Waals surface area contributed by atoms with Crippen LogP contribution in [0, 0.1) is 11.3 Å². The molecule has 0 saturated heterocycles. The summed E-state index contributed by atoms with van der Waals surface area (Å²) in [5.41, 5.74) is 0.515. The van der Waals surface area contributed by atoms with Crippen LogP contribution in [0.3, 0.4) is 0 Å². The lowest BCUT2D eigenvalue weighted by atomic mass is 9.71. The van der Waals surface area contributed by atoms with Crippen molar-refractivity contribution in [2.75, 3.05) is 6.26 Å². The first-order valence-corrected chi connectivity index (χ1v) is 9.56. The number of thioether (sulfide) groups is 1. The molecule has 0 aromatic heterocycles. The maximum Gasteiger partial charge on any atom is 0.00704 e. The van der Waals surface area contributed by atoms with E-state index in [2.05, 4.69) is 44.1 Å². The molecule has 2 fully saturated rings. The van der Waals surface area contributed by atoms with E-state index in [1.54, 1.807) is 0 Å². The summed E-state index contributed by atoms with van der Waals surface area (Å²) in [4.78, 5) is 0. The molecule has 0 bridgehead atoms. The summed E-state index contributed by atoms with van der Waals surface area (Å²) in [5.74, 6) is 0.942. The molecule has 2 aliphatic carbocycles. The lowest BCUT2D eigenvalue weighted by Gasteiger charge is -2.39. The summed E-state index contributed by atoms with van der Waals surface area (Å²) < 4.78 is 0. The van der Waals surface area contributed by atoms with Gasteiger partial charge < -0.3 is 5.32 Å². The number of hydrogen-bond donors (Lipinski definition) is 1. The van der Waals surface area contributed by atoms with E-state index < -0.39 is 0 Å². The van der Waals surface area contributed by atoms with Gasteiger partial charge in [0, 0.05) is 17.3 Å². The summed E-state index contributed by atoms with van der Waals surface area (Å²) in [6, 6.07) is 1.63. The Morgan fingerprint density at radius 3 is 1.68 bits per heavy atom. The molecule has 2 heteroatoms. The van der Waals surface area contributed by atoms with Crippen molar-refractivity contribution in [3.63, 3.8) is 0 Å². The van der Waals surface area contributed by atoms with Gasteiger partial charge in [-0.1, -0.05) is 20.8 Å². The lowest BCUT2D eigenvalue weighted by Crippen LogP contribution is -2.43. The van der Waals surface area contributed by atoms with E-state index in [0.717, 1.165) is 23.3 Å². The molecule has 0 spiro atoms. The smallest absolute Gasteiger partial charge is 0.00704 e. The molecular weight excluding hydrogens is 250 g/mol. The predicted octanol–water partition coefficient (Wildman–Crippen LogP) is 4.86. The Bertz CT molecular complexity index is 255. The molecule has 1 N–H and O–H groups in total. The Hall–Kier alpha value is 0.310. The van der Waals surface area contributed by atoms with E-state index in [-0.39, 0.29) is 0 Å². The third-order valence-corrected chi connectivity index (χ3v) is 6.57. The zero-order valence-electron chi connectivity index (χ0n) is 13.4. The average Bonchev–Trinajstić information content (AvgIpc) is 2.39. The molecule has 0 atom stereocenters. The molecular formula is C17H33NS. The normalized spacial score (nSPS) is 37.3. The van der Waals surface area contributed by atoms with Crippen molar-refractivity contribution in [1.82, 2.24) is 5.32 Å². The molecule has 0 unspecified atom stereocenters. The van der Waals surface area contributed by atoms with E-state index in [0.29, 0.717) is 5.41 Å². The first-order chi connectivity index (χ1) is 8.99. The fourth-order valence-corrected chi connectivity index (χ4v) is 4.67. The van der Waals surface area contributed by atoms with Crippen molar-refractivity contribution in [3.05, 3.63) is 0 Å². The molecule has 19 heavy (non-hydrogen) atoms. The van der Waals surface area contributed by atoms with Crippen molar-refractivity contribution in [3.8, 4) is 0 Å². The molecule has 0 amide bonds. The van der Waals surface area contributed by atoms with Gasteiger partial charge in [-0.2, -0.15) is 11.8 Å². The van der Waals surface area contributed by atoms with Crippen LogP contribution in [0.4, 0.5) is 0 Å². The predicted molar refractivity (Wildman–Crippen MR) is 87.9 cm³/mol. The van der Waals surface area contributed by atoms with E-state index >= 15 is 0 Å². The maximum absolute atomic E-state index is 3.97. The highest BCUT2D eigenvalue weighted by atomic mass is 32.2. The van der Waals surface area contributed by atoms with Crippen molar-refractivity contribution in [1.29, 1.82) is 0 Å². The molecule has 0 radical (unpaired) electrons. The Morgan fingerprint density at radius 2 is 1.26 bits per heavy atom. The number of hydrogen-bond acceptors (Lipinski definition) is 2. The Labute approximate surface area is 124 Å². The van der Waals surface area contributed by atoms with Crippen molar-refractivity contribution >= 4 is 11.8 Å². The zero-order valence-corrected chi connectivity index (χ0v) is 14.2. The minimum Gasteiger partial charge on any atom is -0.311 e. The van der Waals surface area contributed by atoms with Gasteiger partial charge in [0.05, 0.1) is 0 Å². The highest BCUT2D eigenvalue weighted by Crippen LogP contribution is 2.38. The molecule has 2 aliphatic rings. The monoisotopic (exact) mass is 283 g/mol. The molecule has 0 heterocycles. The molecule has 0 aromatic carbocycles. The molecule has 0 aliphatic heterocycles. The van der Waals surface area contributed by atoms with E-state index in [4.69, 9.17) is 0 Å². The van der Waals surface area contributed by atoms with Crippen LogP contribution in [0.5, 0.6) is 0 Å². The Kier molecular flexibility index (Phi) is 5.65. The van der Waals surface area contributed by atoms with Crippen LogP contribution in [0.25, 0.3) is 0 Å². The number of rotatable bonds is 3. The van der Waals surface area contributed by atoms with Gasteiger partial charge in [0.2, 0.25) is 0 Å². The van der Waals surface area contributed by atoms with Gasteiger partial charge in [0.1, 0.15) is 0 Å². The summed E-state index contributed by atoms with van der Waals surface area (Å²) in [6.45, 7) is 7.24. The van der Waals surface area contributed by atoms with Crippen molar-refractivity contribution in [2.45, 2.75) is 89.5 Å². The molecule has 2 saturated carbocycles. The third-order valence-electron chi connectivity index (χ3n) is 5.43. The molecule has 2 rings (SSSR count). The highest BCUT2D eigenvalue weighted by molar-refractivity contribution is 7.99. The highest BCUT2D eigenvalue weighted by Gasteiger charge is 2.31. The van der Waals surface area contributed by atoms with Crippen LogP contribution in [-0.2, 0) is 0 Å². The molecule has 1 nitrogen and oxygen atoms in total. The molecule has 112 valence electrons. The third kappa shape index (κ3) is 4.67. The van der Waals surface area contributed by atoms with E-state index in [1.807, 2.05) is 0 Å². The van der Waals surface area contributed by atoms with Gasteiger partial charge in [0.15, 0.2) is 0 Å². The largest absolute Gasteiger partial charge is 0.311 e. The Balaban J connectivity index is 1.69. The van der Waals surface area contributed by atoms with E-state index in [9.17, 15) is 0 Å². The quantitative estimate of drug-likeness (QED) is 0.794. The second-order valence-corrected chi connectivity index (χ2v) is 8.93. The van der Waals surface area contributed by atoms with Crippen LogP contribution in [0.15, 0.2) is 0 Å². The summed E-state index contributed by atoms with van der Waals surface area (Å²) in [6.07, 6.45) is 13.6. The fourth-order valence-electron chi connectivity index (χ4n) is 3.92. The first-order valence-electron chi connectivity index (χ1n) is 8.28. The lowest BCUT2D eigenvalue weighted by molar-refractivity contribution is 0.153. The van der Waals surface area contributed by atoms with E-state index in [1.165, 1.54) is 51.4 Å². The Morgan fingerprint density at radius 1 is 0.789 bits per heavy atom. The summed E-state index contributed by atoms with van der Waals surface area (Å²) in [7, 11) is 0. The van der Waals surface area contributed by atoms with Crippen molar-refractivity contribution < 1.29 is 0 Å². The standard InChI is InChI=1S/C17H33NS/c1-17(2,3)13-5-7-14(8-6-13)18-15-9-11-16(19-4)12-10-15/h13-16,18H,5-12H2,1-4H3. The maximum atomic E-state index is 3.97. The minimum atomic E-state index is 0.515. The van der Waals surface area contributed by atoms with Crippen LogP contribution >= 0.6 is 11.8 Å². The van der Waals surface area contributed by atoms with Gasteiger partial charge in [-0.15, -0.1) is 0 Å².